The highest BCUT2D eigenvalue weighted by atomic mass is 16.6. The van der Waals surface area contributed by atoms with Gasteiger partial charge in [0.1, 0.15) is 0 Å². The summed E-state index contributed by atoms with van der Waals surface area (Å²) in [6.45, 7) is 5.32. The number of benzene rings is 1. The second-order valence-corrected chi connectivity index (χ2v) is 6.89. The number of piperidine rings is 1. The number of hydrogen-bond donors (Lipinski definition) is 0. The van der Waals surface area contributed by atoms with Crippen molar-refractivity contribution in [2.75, 3.05) is 13.1 Å². The van der Waals surface area contributed by atoms with Gasteiger partial charge in [-0.3, -0.25) is 14.9 Å². The van der Waals surface area contributed by atoms with Gasteiger partial charge in [-0.05, 0) is 18.4 Å². The first-order chi connectivity index (χ1) is 12.4. The van der Waals surface area contributed by atoms with E-state index in [4.69, 9.17) is 4.42 Å². The van der Waals surface area contributed by atoms with E-state index in [0.29, 0.717) is 24.9 Å². The molecule has 0 radical (unpaired) electrons. The minimum absolute atomic E-state index is 0.0299. The van der Waals surface area contributed by atoms with Gasteiger partial charge in [0.25, 0.3) is 5.69 Å². The van der Waals surface area contributed by atoms with E-state index in [1.54, 1.807) is 12.1 Å². The molecule has 0 aliphatic carbocycles. The normalized spacial score (nSPS) is 15.4. The van der Waals surface area contributed by atoms with Crippen LogP contribution in [0, 0.1) is 10.1 Å². The van der Waals surface area contributed by atoms with Crippen molar-refractivity contribution >= 4 is 11.6 Å². The van der Waals surface area contributed by atoms with Crippen LogP contribution in [0.4, 0.5) is 5.69 Å². The summed E-state index contributed by atoms with van der Waals surface area (Å²) in [4.78, 5) is 24.5. The van der Waals surface area contributed by atoms with Gasteiger partial charge in [-0.1, -0.05) is 26.0 Å². The van der Waals surface area contributed by atoms with Gasteiger partial charge >= 0.3 is 0 Å². The van der Waals surface area contributed by atoms with E-state index in [0.717, 1.165) is 18.4 Å². The molecule has 8 nitrogen and oxygen atoms in total. The highest BCUT2D eigenvalue weighted by molar-refractivity contribution is 5.79. The van der Waals surface area contributed by atoms with Crippen molar-refractivity contribution in [1.82, 2.24) is 15.1 Å². The Morgan fingerprint density at radius 2 is 1.92 bits per heavy atom. The average molecular weight is 358 g/mol. The Morgan fingerprint density at radius 1 is 1.27 bits per heavy atom. The molecule has 0 spiro atoms. The first kappa shape index (κ1) is 18.0. The summed E-state index contributed by atoms with van der Waals surface area (Å²) in [6.07, 6.45) is 1.85. The molecule has 1 amide bonds. The highest BCUT2D eigenvalue weighted by Gasteiger charge is 2.27. The number of hydrogen-bond acceptors (Lipinski definition) is 6. The molecule has 1 aliphatic heterocycles. The van der Waals surface area contributed by atoms with Crippen molar-refractivity contribution < 1.29 is 14.1 Å². The Hall–Kier alpha value is -2.77. The van der Waals surface area contributed by atoms with Crippen LogP contribution in [0.15, 0.2) is 28.7 Å². The summed E-state index contributed by atoms with van der Waals surface area (Å²) in [6, 6.07) is 6.12. The van der Waals surface area contributed by atoms with Crippen LogP contribution >= 0.6 is 0 Å². The molecular weight excluding hydrogens is 336 g/mol. The Morgan fingerprint density at radius 3 is 2.46 bits per heavy atom. The molecule has 26 heavy (non-hydrogen) atoms. The lowest BCUT2D eigenvalue weighted by atomic mass is 9.96. The average Bonchev–Trinajstić information content (AvgIpc) is 3.13. The lowest BCUT2D eigenvalue weighted by Crippen LogP contribution is -2.38. The van der Waals surface area contributed by atoms with E-state index in [1.165, 1.54) is 12.1 Å². The smallest absolute Gasteiger partial charge is 0.269 e. The van der Waals surface area contributed by atoms with Crippen LogP contribution in [-0.4, -0.2) is 39.0 Å². The van der Waals surface area contributed by atoms with Crippen molar-refractivity contribution in [3.05, 3.63) is 51.7 Å². The first-order valence-corrected chi connectivity index (χ1v) is 8.78. The van der Waals surface area contributed by atoms with Crippen LogP contribution in [0.25, 0.3) is 0 Å². The molecule has 0 atom stereocenters. The van der Waals surface area contributed by atoms with Crippen LogP contribution in [-0.2, 0) is 11.2 Å². The van der Waals surface area contributed by atoms with Crippen molar-refractivity contribution in [3.63, 3.8) is 0 Å². The molecule has 2 aromatic rings. The number of nitro groups is 1. The molecule has 0 bridgehead atoms. The molecule has 1 saturated heterocycles. The number of rotatable bonds is 5. The zero-order chi connectivity index (χ0) is 18.7. The van der Waals surface area contributed by atoms with Gasteiger partial charge < -0.3 is 9.32 Å². The number of carbonyl (C=O) groups is 1. The van der Waals surface area contributed by atoms with Gasteiger partial charge in [0.2, 0.25) is 17.7 Å². The molecule has 1 aromatic carbocycles. The number of nitro benzene ring substituents is 1. The number of non-ortho nitro benzene ring substituents is 1. The Kier molecular flexibility index (Phi) is 5.29. The van der Waals surface area contributed by atoms with Crippen molar-refractivity contribution in [2.24, 2.45) is 0 Å². The molecule has 2 heterocycles. The summed E-state index contributed by atoms with van der Waals surface area (Å²) in [5, 5.41) is 18.9. The van der Waals surface area contributed by atoms with E-state index in [-0.39, 0.29) is 29.9 Å². The fraction of sp³-hybridized carbons (Fsp3) is 0.500. The van der Waals surface area contributed by atoms with Crippen LogP contribution in [0.5, 0.6) is 0 Å². The quantitative estimate of drug-likeness (QED) is 0.601. The Labute approximate surface area is 151 Å². The summed E-state index contributed by atoms with van der Waals surface area (Å²) in [5.41, 5.74) is 0.809. The molecule has 138 valence electrons. The van der Waals surface area contributed by atoms with Gasteiger partial charge in [-0.2, -0.15) is 0 Å². The van der Waals surface area contributed by atoms with E-state index < -0.39 is 4.92 Å². The van der Waals surface area contributed by atoms with Crippen molar-refractivity contribution in [2.45, 2.75) is 44.9 Å². The molecule has 1 aliphatic rings. The fourth-order valence-corrected chi connectivity index (χ4v) is 3.04. The van der Waals surface area contributed by atoms with Gasteiger partial charge in [0.15, 0.2) is 0 Å². The molecule has 8 heteroatoms. The number of aromatic nitrogens is 2. The number of amides is 1. The molecular formula is C18H22N4O4. The van der Waals surface area contributed by atoms with Crippen molar-refractivity contribution in [3.8, 4) is 0 Å². The van der Waals surface area contributed by atoms with E-state index >= 15 is 0 Å². The fourth-order valence-electron chi connectivity index (χ4n) is 3.04. The predicted molar refractivity (Wildman–Crippen MR) is 93.7 cm³/mol. The van der Waals surface area contributed by atoms with Crippen LogP contribution in [0.3, 0.4) is 0 Å². The Bertz CT molecular complexity index is 777. The number of carbonyl (C=O) groups excluding carboxylic acids is 1. The van der Waals surface area contributed by atoms with Gasteiger partial charge in [-0.15, -0.1) is 10.2 Å². The first-order valence-electron chi connectivity index (χ1n) is 8.78. The maximum atomic E-state index is 12.5. The lowest BCUT2D eigenvalue weighted by Gasteiger charge is -2.30. The summed E-state index contributed by atoms with van der Waals surface area (Å²) >= 11 is 0. The molecule has 0 saturated carbocycles. The summed E-state index contributed by atoms with van der Waals surface area (Å²) in [5.74, 6) is 1.75. The monoisotopic (exact) mass is 358 g/mol. The molecule has 1 fully saturated rings. The zero-order valence-electron chi connectivity index (χ0n) is 14.9. The molecule has 0 N–H and O–H groups in total. The van der Waals surface area contributed by atoms with Crippen LogP contribution in [0.1, 0.15) is 55.9 Å². The SMILES string of the molecule is CC(C)c1nnc(C2CCN(C(=O)Cc3ccc([N+](=O)[O-])cc3)CC2)o1. The van der Waals surface area contributed by atoms with E-state index in [9.17, 15) is 14.9 Å². The second kappa shape index (κ2) is 7.63. The second-order valence-electron chi connectivity index (χ2n) is 6.89. The standard InChI is InChI=1S/C18H22N4O4/c1-12(2)17-19-20-18(26-17)14-7-9-21(10-8-14)16(23)11-13-3-5-15(6-4-13)22(24)25/h3-6,12,14H,7-11H2,1-2H3. The highest BCUT2D eigenvalue weighted by Crippen LogP contribution is 2.28. The Balaban J connectivity index is 1.53. The molecule has 3 rings (SSSR count). The number of nitrogens with zero attached hydrogens (tertiary/aromatic N) is 4. The zero-order valence-corrected chi connectivity index (χ0v) is 14.9. The largest absolute Gasteiger partial charge is 0.425 e. The van der Waals surface area contributed by atoms with Crippen molar-refractivity contribution in [1.29, 1.82) is 0 Å². The summed E-state index contributed by atoms with van der Waals surface area (Å²) < 4.78 is 5.73. The van der Waals surface area contributed by atoms with Gasteiger partial charge in [0.05, 0.1) is 11.3 Å². The lowest BCUT2D eigenvalue weighted by molar-refractivity contribution is -0.384. The minimum atomic E-state index is -0.446. The van der Waals surface area contributed by atoms with E-state index in [1.807, 2.05) is 18.7 Å². The third-order valence-electron chi connectivity index (χ3n) is 4.65. The topological polar surface area (TPSA) is 102 Å². The molecule has 0 unspecified atom stereocenters. The maximum absolute atomic E-state index is 12.5. The molecule has 1 aromatic heterocycles. The van der Waals surface area contributed by atoms with Gasteiger partial charge in [0, 0.05) is 37.1 Å². The minimum Gasteiger partial charge on any atom is -0.425 e. The summed E-state index contributed by atoms with van der Waals surface area (Å²) in [7, 11) is 0. The van der Waals surface area contributed by atoms with Crippen LogP contribution < -0.4 is 0 Å². The third-order valence-corrected chi connectivity index (χ3v) is 4.65. The number of likely N-dealkylation sites (tertiary alicyclic amines) is 1. The van der Waals surface area contributed by atoms with Crippen LogP contribution in [0.2, 0.25) is 0 Å². The van der Waals surface area contributed by atoms with Gasteiger partial charge in [-0.25, -0.2) is 0 Å². The third kappa shape index (κ3) is 4.07. The predicted octanol–water partition coefficient (Wildman–Crippen LogP) is 3.05. The van der Waals surface area contributed by atoms with E-state index in [2.05, 4.69) is 10.2 Å². The maximum Gasteiger partial charge on any atom is 0.269 e.